The molecule has 184 valence electrons. The van der Waals surface area contributed by atoms with Gasteiger partial charge >= 0.3 is 0 Å². The average Bonchev–Trinajstić information content (AvgIpc) is 3.37. The molecule has 1 unspecified atom stereocenters. The van der Waals surface area contributed by atoms with Crippen LogP contribution in [0.5, 0.6) is 0 Å². The fraction of sp³-hybridized carbons (Fsp3) is 0.625. The summed E-state index contributed by atoms with van der Waals surface area (Å²) in [4.78, 5) is 35.9. The molecule has 0 saturated carbocycles. The summed E-state index contributed by atoms with van der Waals surface area (Å²) in [5.74, 6) is 1.08. The molecule has 1 aromatic carbocycles. The Morgan fingerprint density at radius 2 is 1.73 bits per heavy atom. The fourth-order valence-corrected chi connectivity index (χ4v) is 4.36. The molecule has 0 spiro atoms. The van der Waals surface area contributed by atoms with Gasteiger partial charge in [-0.15, -0.1) is 24.0 Å². The molecule has 2 amide bonds. The van der Waals surface area contributed by atoms with E-state index in [0.29, 0.717) is 18.7 Å². The highest BCUT2D eigenvalue weighted by atomic mass is 127. The standard InChI is InChI=1S/C24H38N6O2.HI/c1-4-10-26-22(31)21-9-7-8-20(17-21)18-27-24(25-3)30-15-13-28(14-16-30)19(2)23(32)29-11-5-6-12-29;/h7-9,17,19H,4-6,10-16,18H2,1-3H3,(H,25,27)(H,26,31);1H. The third kappa shape index (κ3) is 7.56. The van der Waals surface area contributed by atoms with Crippen molar-refractivity contribution in [3.8, 4) is 0 Å². The third-order valence-corrected chi connectivity index (χ3v) is 6.32. The molecule has 2 aliphatic rings. The van der Waals surface area contributed by atoms with Crippen LogP contribution in [0.25, 0.3) is 0 Å². The van der Waals surface area contributed by atoms with Gasteiger partial charge in [-0.1, -0.05) is 19.1 Å². The number of carbonyl (C=O) groups is 2. The van der Waals surface area contributed by atoms with Crippen LogP contribution < -0.4 is 10.6 Å². The number of guanidine groups is 1. The molecule has 2 fully saturated rings. The predicted octanol–water partition coefficient (Wildman–Crippen LogP) is 2.15. The Morgan fingerprint density at radius 3 is 2.36 bits per heavy atom. The van der Waals surface area contributed by atoms with Gasteiger partial charge in [-0.05, 0) is 43.9 Å². The molecule has 1 atom stereocenters. The minimum atomic E-state index is -0.0631. The van der Waals surface area contributed by atoms with E-state index < -0.39 is 0 Å². The zero-order valence-electron chi connectivity index (χ0n) is 20.2. The number of likely N-dealkylation sites (tertiary alicyclic amines) is 1. The van der Waals surface area contributed by atoms with Crippen molar-refractivity contribution >= 4 is 41.8 Å². The van der Waals surface area contributed by atoms with Crippen LogP contribution in [0, 0.1) is 0 Å². The summed E-state index contributed by atoms with van der Waals surface area (Å²) < 4.78 is 0. The molecule has 8 nitrogen and oxygen atoms in total. The molecule has 0 aliphatic carbocycles. The van der Waals surface area contributed by atoms with Crippen LogP contribution in [0.1, 0.15) is 49.0 Å². The predicted molar refractivity (Wildman–Crippen MR) is 143 cm³/mol. The van der Waals surface area contributed by atoms with Gasteiger partial charge in [-0.25, -0.2) is 0 Å². The lowest BCUT2D eigenvalue weighted by Gasteiger charge is -2.39. The maximum absolute atomic E-state index is 12.7. The zero-order valence-corrected chi connectivity index (χ0v) is 22.5. The van der Waals surface area contributed by atoms with Crippen molar-refractivity contribution in [1.29, 1.82) is 0 Å². The number of piperazine rings is 1. The van der Waals surface area contributed by atoms with Gasteiger partial charge < -0.3 is 20.4 Å². The van der Waals surface area contributed by atoms with E-state index in [1.54, 1.807) is 7.05 Å². The summed E-state index contributed by atoms with van der Waals surface area (Å²) in [6.07, 6.45) is 3.17. The van der Waals surface area contributed by atoms with E-state index in [4.69, 9.17) is 0 Å². The molecule has 0 bridgehead atoms. The normalized spacial score (nSPS) is 18.0. The fourth-order valence-electron chi connectivity index (χ4n) is 4.36. The number of nitrogens with one attached hydrogen (secondary N) is 2. The number of benzene rings is 1. The number of carbonyl (C=O) groups excluding carboxylic acids is 2. The Balaban J connectivity index is 0.00000385. The lowest BCUT2D eigenvalue weighted by Crippen LogP contribution is -2.57. The highest BCUT2D eigenvalue weighted by Gasteiger charge is 2.30. The minimum Gasteiger partial charge on any atom is -0.352 e. The van der Waals surface area contributed by atoms with Crippen molar-refractivity contribution in [3.05, 3.63) is 35.4 Å². The van der Waals surface area contributed by atoms with Gasteiger partial charge in [0, 0.05) is 65.0 Å². The monoisotopic (exact) mass is 570 g/mol. The van der Waals surface area contributed by atoms with E-state index in [9.17, 15) is 9.59 Å². The first-order valence-corrected chi connectivity index (χ1v) is 11.9. The summed E-state index contributed by atoms with van der Waals surface area (Å²) in [7, 11) is 1.79. The lowest BCUT2D eigenvalue weighted by atomic mass is 10.1. The van der Waals surface area contributed by atoms with Gasteiger partial charge in [0.25, 0.3) is 5.91 Å². The number of aliphatic imine (C=N–C) groups is 1. The van der Waals surface area contributed by atoms with E-state index in [-0.39, 0.29) is 41.8 Å². The van der Waals surface area contributed by atoms with Crippen molar-refractivity contribution in [2.45, 2.75) is 45.7 Å². The molecular weight excluding hydrogens is 531 g/mol. The van der Waals surface area contributed by atoms with Crippen molar-refractivity contribution in [1.82, 2.24) is 25.3 Å². The Kier molecular flexibility index (Phi) is 11.4. The number of hydrogen-bond acceptors (Lipinski definition) is 4. The van der Waals surface area contributed by atoms with E-state index >= 15 is 0 Å². The van der Waals surface area contributed by atoms with Gasteiger partial charge in [-0.2, -0.15) is 0 Å². The molecule has 2 heterocycles. The Hall–Kier alpha value is -1.88. The highest BCUT2D eigenvalue weighted by Crippen LogP contribution is 2.14. The van der Waals surface area contributed by atoms with Gasteiger partial charge in [0.05, 0.1) is 6.04 Å². The van der Waals surface area contributed by atoms with Crippen LogP contribution in [-0.2, 0) is 11.3 Å². The van der Waals surface area contributed by atoms with Gasteiger partial charge in [0.2, 0.25) is 5.91 Å². The Morgan fingerprint density at radius 1 is 1.03 bits per heavy atom. The number of nitrogens with zero attached hydrogens (tertiary/aromatic N) is 4. The third-order valence-electron chi connectivity index (χ3n) is 6.32. The first-order chi connectivity index (χ1) is 15.5. The van der Waals surface area contributed by atoms with Crippen LogP contribution in [0.4, 0.5) is 0 Å². The van der Waals surface area contributed by atoms with Crippen molar-refractivity contribution in [3.63, 3.8) is 0 Å². The molecule has 0 aromatic heterocycles. The van der Waals surface area contributed by atoms with Gasteiger partial charge in [0.1, 0.15) is 0 Å². The van der Waals surface area contributed by atoms with Crippen LogP contribution in [0.3, 0.4) is 0 Å². The topological polar surface area (TPSA) is 80.3 Å². The summed E-state index contributed by atoms with van der Waals surface area (Å²) in [5.41, 5.74) is 1.72. The Labute approximate surface area is 215 Å². The second kappa shape index (κ2) is 13.7. The summed E-state index contributed by atoms with van der Waals surface area (Å²) in [6, 6.07) is 7.63. The van der Waals surface area contributed by atoms with Gasteiger partial charge in [0.15, 0.2) is 5.96 Å². The maximum Gasteiger partial charge on any atom is 0.251 e. The second-order valence-electron chi connectivity index (χ2n) is 8.59. The molecule has 2 N–H and O–H groups in total. The quantitative estimate of drug-likeness (QED) is 0.299. The average molecular weight is 571 g/mol. The highest BCUT2D eigenvalue weighted by molar-refractivity contribution is 14.0. The summed E-state index contributed by atoms with van der Waals surface area (Å²) >= 11 is 0. The number of hydrogen-bond donors (Lipinski definition) is 2. The van der Waals surface area contributed by atoms with Crippen molar-refractivity contribution in [2.75, 3.05) is 52.9 Å². The first kappa shape index (κ1) is 27.4. The van der Waals surface area contributed by atoms with Crippen LogP contribution in [0.15, 0.2) is 29.3 Å². The molecular formula is C24H39IN6O2. The zero-order chi connectivity index (χ0) is 22.9. The molecule has 3 rings (SSSR count). The van der Waals surface area contributed by atoms with Crippen LogP contribution >= 0.6 is 24.0 Å². The molecule has 2 saturated heterocycles. The molecule has 1 aromatic rings. The second-order valence-corrected chi connectivity index (χ2v) is 8.59. The number of amides is 2. The first-order valence-electron chi connectivity index (χ1n) is 11.9. The molecule has 33 heavy (non-hydrogen) atoms. The SMILES string of the molecule is CCCNC(=O)c1cccc(CNC(=NC)N2CCN(C(C)C(=O)N3CCCC3)CC2)c1.I. The summed E-state index contributed by atoms with van der Waals surface area (Å²) in [5, 5.41) is 6.35. The van der Waals surface area contributed by atoms with E-state index in [0.717, 1.165) is 70.1 Å². The molecule has 0 radical (unpaired) electrons. The van der Waals surface area contributed by atoms with Crippen LogP contribution in [-0.4, -0.2) is 91.4 Å². The smallest absolute Gasteiger partial charge is 0.251 e. The van der Waals surface area contributed by atoms with E-state index in [1.807, 2.05) is 43.0 Å². The van der Waals surface area contributed by atoms with Crippen molar-refractivity contribution in [2.24, 2.45) is 4.99 Å². The van der Waals surface area contributed by atoms with E-state index in [2.05, 4.69) is 25.4 Å². The molecule has 9 heteroatoms. The number of rotatable bonds is 7. The maximum atomic E-state index is 12.7. The van der Waals surface area contributed by atoms with Crippen molar-refractivity contribution < 1.29 is 9.59 Å². The largest absolute Gasteiger partial charge is 0.352 e. The Bertz CT molecular complexity index is 804. The van der Waals surface area contributed by atoms with E-state index in [1.165, 1.54) is 0 Å². The minimum absolute atomic E-state index is 0. The van der Waals surface area contributed by atoms with Crippen LogP contribution in [0.2, 0.25) is 0 Å². The lowest BCUT2D eigenvalue weighted by molar-refractivity contribution is -0.135. The summed E-state index contributed by atoms with van der Waals surface area (Å²) in [6.45, 7) is 10.5. The number of halogens is 1. The molecule has 2 aliphatic heterocycles. The van der Waals surface area contributed by atoms with Gasteiger partial charge in [-0.3, -0.25) is 19.5 Å².